The van der Waals surface area contributed by atoms with Gasteiger partial charge in [0.2, 0.25) is 0 Å². The average Bonchev–Trinajstić information content (AvgIpc) is 2.93. The molecule has 1 amide bonds. The second-order valence-corrected chi connectivity index (χ2v) is 9.11. The third-order valence-corrected chi connectivity index (χ3v) is 6.47. The highest BCUT2D eigenvalue weighted by Crippen LogP contribution is 2.33. The molecule has 0 saturated carbocycles. The summed E-state index contributed by atoms with van der Waals surface area (Å²) in [7, 11) is 0. The lowest BCUT2D eigenvalue weighted by atomic mass is 9.92. The van der Waals surface area contributed by atoms with Crippen LogP contribution >= 0.6 is 0 Å². The summed E-state index contributed by atoms with van der Waals surface area (Å²) in [6.07, 6.45) is 8.38. The fraction of sp³-hybridized carbons (Fsp3) is 0.242. The van der Waals surface area contributed by atoms with Gasteiger partial charge < -0.3 is 5.32 Å². The lowest BCUT2D eigenvalue weighted by Crippen LogP contribution is -2.24. The molecule has 4 aromatic carbocycles. The van der Waals surface area contributed by atoms with Gasteiger partial charge in [-0.25, -0.2) is 0 Å². The minimum atomic E-state index is 0.00431. The number of rotatable bonds is 12. The average molecular weight is 462 g/mol. The van der Waals surface area contributed by atoms with Crippen LogP contribution in [0.4, 0.5) is 0 Å². The predicted molar refractivity (Wildman–Crippen MR) is 147 cm³/mol. The topological polar surface area (TPSA) is 29.1 Å². The Hall–Kier alpha value is -3.65. The Kier molecular flexibility index (Phi) is 9.29. The number of carbonyl (C=O) groups is 1. The Morgan fingerprint density at radius 3 is 1.74 bits per heavy atom. The number of carbonyl (C=O) groups excluding carboxylic acids is 1. The first kappa shape index (κ1) is 24.5. The second kappa shape index (κ2) is 13.3. The normalized spacial score (nSPS) is 10.7. The van der Waals surface area contributed by atoms with E-state index >= 15 is 0 Å². The Bertz CT molecular complexity index is 1170. The van der Waals surface area contributed by atoms with E-state index in [0.29, 0.717) is 5.56 Å². The van der Waals surface area contributed by atoms with Gasteiger partial charge in [0, 0.05) is 12.1 Å². The zero-order valence-corrected chi connectivity index (χ0v) is 20.5. The van der Waals surface area contributed by atoms with E-state index in [1.807, 2.05) is 48.5 Å². The first-order chi connectivity index (χ1) is 17.3. The standard InChI is InChI=1S/C33H35NO/c35-33(34-25-15-4-2-1-3-8-16-27-17-9-5-10-18-27)30-23-24-31(28-19-11-6-12-20-28)32(26-30)29-21-13-7-14-22-29/h5-7,9-14,17-24,26H,1-4,8,15-16,25H2,(H,34,35). The number of hydrogen-bond donors (Lipinski definition) is 1. The molecule has 0 unspecified atom stereocenters. The van der Waals surface area contributed by atoms with Crippen LogP contribution in [0, 0.1) is 0 Å². The van der Waals surface area contributed by atoms with Crippen LogP contribution < -0.4 is 5.32 Å². The summed E-state index contributed by atoms with van der Waals surface area (Å²) in [4.78, 5) is 12.9. The monoisotopic (exact) mass is 461 g/mol. The molecule has 0 aromatic heterocycles. The third kappa shape index (κ3) is 7.42. The van der Waals surface area contributed by atoms with Crippen molar-refractivity contribution in [2.45, 2.75) is 44.9 Å². The molecular formula is C33H35NO. The largest absolute Gasteiger partial charge is 0.352 e. The van der Waals surface area contributed by atoms with E-state index in [-0.39, 0.29) is 5.91 Å². The van der Waals surface area contributed by atoms with Crippen LogP contribution in [0.3, 0.4) is 0 Å². The molecule has 0 aliphatic heterocycles. The molecule has 0 saturated heterocycles. The summed E-state index contributed by atoms with van der Waals surface area (Å²) < 4.78 is 0. The van der Waals surface area contributed by atoms with Gasteiger partial charge in [-0.05, 0) is 59.2 Å². The fourth-order valence-electron chi connectivity index (χ4n) is 4.52. The highest BCUT2D eigenvalue weighted by molar-refractivity contribution is 5.97. The van der Waals surface area contributed by atoms with Gasteiger partial charge in [-0.15, -0.1) is 0 Å². The summed E-state index contributed by atoms with van der Waals surface area (Å²) in [6.45, 7) is 0.726. The molecule has 1 N–H and O–H groups in total. The summed E-state index contributed by atoms with van der Waals surface area (Å²) in [6, 6.07) is 37.4. The van der Waals surface area contributed by atoms with Crippen LogP contribution in [-0.2, 0) is 6.42 Å². The molecule has 178 valence electrons. The maximum Gasteiger partial charge on any atom is 0.251 e. The van der Waals surface area contributed by atoms with E-state index in [0.717, 1.165) is 41.6 Å². The van der Waals surface area contributed by atoms with Gasteiger partial charge in [-0.3, -0.25) is 4.79 Å². The highest BCUT2D eigenvalue weighted by Gasteiger charge is 2.12. The van der Waals surface area contributed by atoms with Crippen LogP contribution in [-0.4, -0.2) is 12.5 Å². The molecule has 0 heterocycles. The molecule has 4 aromatic rings. The van der Waals surface area contributed by atoms with Gasteiger partial charge in [-0.2, -0.15) is 0 Å². The zero-order valence-electron chi connectivity index (χ0n) is 20.5. The molecule has 0 aliphatic carbocycles. The number of nitrogens with one attached hydrogen (secondary N) is 1. The number of amides is 1. The molecule has 4 rings (SSSR count). The van der Waals surface area contributed by atoms with E-state index in [4.69, 9.17) is 0 Å². The van der Waals surface area contributed by atoms with Crippen molar-refractivity contribution in [1.82, 2.24) is 5.32 Å². The van der Waals surface area contributed by atoms with E-state index < -0.39 is 0 Å². The summed E-state index contributed by atoms with van der Waals surface area (Å²) in [5, 5.41) is 3.12. The first-order valence-corrected chi connectivity index (χ1v) is 12.9. The third-order valence-electron chi connectivity index (χ3n) is 6.47. The minimum Gasteiger partial charge on any atom is -0.352 e. The van der Waals surface area contributed by atoms with Crippen molar-refractivity contribution < 1.29 is 4.79 Å². The van der Waals surface area contributed by atoms with E-state index in [2.05, 4.69) is 66.0 Å². The minimum absolute atomic E-state index is 0.00431. The number of hydrogen-bond acceptors (Lipinski definition) is 1. The van der Waals surface area contributed by atoms with Crippen molar-refractivity contribution in [1.29, 1.82) is 0 Å². The van der Waals surface area contributed by atoms with Gasteiger partial charge in [-0.1, -0.05) is 123 Å². The Morgan fingerprint density at radius 1 is 0.543 bits per heavy atom. The lowest BCUT2D eigenvalue weighted by molar-refractivity contribution is 0.0953. The highest BCUT2D eigenvalue weighted by atomic mass is 16.1. The van der Waals surface area contributed by atoms with E-state index in [1.165, 1.54) is 37.7 Å². The summed E-state index contributed by atoms with van der Waals surface area (Å²) in [5.41, 5.74) is 6.64. The van der Waals surface area contributed by atoms with Crippen LogP contribution in [0.25, 0.3) is 22.3 Å². The molecule has 0 radical (unpaired) electrons. The molecular weight excluding hydrogens is 426 g/mol. The Labute approximate surface area is 210 Å². The Morgan fingerprint density at radius 2 is 1.09 bits per heavy atom. The molecule has 0 bridgehead atoms. The lowest BCUT2D eigenvalue weighted by Gasteiger charge is -2.13. The van der Waals surface area contributed by atoms with Crippen molar-refractivity contribution in [3.8, 4) is 22.3 Å². The Balaban J connectivity index is 1.25. The van der Waals surface area contributed by atoms with Crippen molar-refractivity contribution in [3.05, 3.63) is 120 Å². The van der Waals surface area contributed by atoms with Crippen molar-refractivity contribution >= 4 is 5.91 Å². The zero-order chi connectivity index (χ0) is 24.1. The van der Waals surface area contributed by atoms with Crippen LogP contribution in [0.1, 0.15) is 54.4 Å². The summed E-state index contributed by atoms with van der Waals surface area (Å²) in [5.74, 6) is 0.00431. The SMILES string of the molecule is O=C(NCCCCCCCCc1ccccc1)c1ccc(-c2ccccc2)c(-c2ccccc2)c1. The van der Waals surface area contributed by atoms with Crippen molar-refractivity contribution in [2.75, 3.05) is 6.54 Å². The van der Waals surface area contributed by atoms with Crippen molar-refractivity contribution in [3.63, 3.8) is 0 Å². The molecule has 35 heavy (non-hydrogen) atoms. The van der Waals surface area contributed by atoms with Gasteiger partial charge in [0.15, 0.2) is 0 Å². The van der Waals surface area contributed by atoms with Gasteiger partial charge in [0.25, 0.3) is 5.91 Å². The fourth-order valence-corrected chi connectivity index (χ4v) is 4.52. The maximum absolute atomic E-state index is 12.9. The maximum atomic E-state index is 12.9. The number of aryl methyl sites for hydroxylation is 1. The molecule has 0 aliphatic rings. The smallest absolute Gasteiger partial charge is 0.251 e. The van der Waals surface area contributed by atoms with E-state index in [9.17, 15) is 4.79 Å². The second-order valence-electron chi connectivity index (χ2n) is 9.11. The quantitative estimate of drug-likeness (QED) is 0.211. The first-order valence-electron chi connectivity index (χ1n) is 12.9. The van der Waals surface area contributed by atoms with Gasteiger partial charge in [0.1, 0.15) is 0 Å². The molecule has 2 nitrogen and oxygen atoms in total. The molecule has 2 heteroatoms. The number of benzene rings is 4. The van der Waals surface area contributed by atoms with Crippen molar-refractivity contribution in [2.24, 2.45) is 0 Å². The number of unbranched alkanes of at least 4 members (excludes halogenated alkanes) is 5. The van der Waals surface area contributed by atoms with E-state index in [1.54, 1.807) is 0 Å². The van der Waals surface area contributed by atoms with Gasteiger partial charge >= 0.3 is 0 Å². The summed E-state index contributed by atoms with van der Waals surface area (Å²) >= 11 is 0. The molecule has 0 spiro atoms. The van der Waals surface area contributed by atoms with Crippen LogP contribution in [0.5, 0.6) is 0 Å². The molecule has 0 fully saturated rings. The van der Waals surface area contributed by atoms with Gasteiger partial charge in [0.05, 0.1) is 0 Å². The van der Waals surface area contributed by atoms with Crippen LogP contribution in [0.2, 0.25) is 0 Å². The predicted octanol–water partition coefficient (Wildman–Crippen LogP) is 8.33. The van der Waals surface area contributed by atoms with Crippen LogP contribution in [0.15, 0.2) is 109 Å². The molecule has 0 atom stereocenters.